The summed E-state index contributed by atoms with van der Waals surface area (Å²) in [6.45, 7) is 4.65. The van der Waals surface area contributed by atoms with E-state index in [4.69, 9.17) is 14.2 Å². The molecule has 4 aromatic carbocycles. The second kappa shape index (κ2) is 10.3. The highest BCUT2D eigenvalue weighted by Crippen LogP contribution is 2.49. The first-order valence-corrected chi connectivity index (χ1v) is 13.1. The van der Waals surface area contributed by atoms with Gasteiger partial charge in [0.05, 0.1) is 13.2 Å². The standard InChI is InChI=1S/C31H27BrO5/c1-3-19-36-23-15-11-21(12-16-23)31(20-9-13-22(32)14-10-20)18-17-26-27(30(34)35-4-2)28(33)24-7-5-6-8-25(24)29(26)37-31/h5-18,33H,3-4,19H2,1-2H3. The van der Waals surface area contributed by atoms with Crippen LogP contribution in [0.15, 0.2) is 83.3 Å². The van der Waals surface area contributed by atoms with E-state index in [2.05, 4.69) is 22.9 Å². The first-order valence-electron chi connectivity index (χ1n) is 12.3. The van der Waals surface area contributed by atoms with Crippen LogP contribution in [0.1, 0.15) is 47.3 Å². The van der Waals surface area contributed by atoms with Crippen LogP contribution in [-0.2, 0) is 10.3 Å². The summed E-state index contributed by atoms with van der Waals surface area (Å²) in [5, 5.41) is 12.3. The number of carbonyl (C=O) groups excluding carboxylic acids is 1. The van der Waals surface area contributed by atoms with Gasteiger partial charge in [0, 0.05) is 31.9 Å². The van der Waals surface area contributed by atoms with Crippen molar-refractivity contribution in [2.24, 2.45) is 0 Å². The highest BCUT2D eigenvalue weighted by atomic mass is 79.9. The molecule has 5 nitrogen and oxygen atoms in total. The van der Waals surface area contributed by atoms with E-state index in [1.165, 1.54) is 0 Å². The average molecular weight is 559 g/mol. The minimum atomic E-state index is -0.983. The molecule has 0 fully saturated rings. The first kappa shape index (κ1) is 24.9. The maximum Gasteiger partial charge on any atom is 0.342 e. The number of rotatable bonds is 7. The van der Waals surface area contributed by atoms with Gasteiger partial charge in [-0.2, -0.15) is 0 Å². The molecule has 0 aromatic heterocycles. The van der Waals surface area contributed by atoms with Crippen molar-refractivity contribution < 1.29 is 24.1 Å². The summed E-state index contributed by atoms with van der Waals surface area (Å²) >= 11 is 3.53. The van der Waals surface area contributed by atoms with E-state index in [1.54, 1.807) is 13.0 Å². The SMILES string of the molecule is CCCOc1ccc(C2(c3ccc(Br)cc3)C=Cc3c(C(=O)OCC)c(O)c4ccccc4c3O2)cc1. The summed E-state index contributed by atoms with van der Waals surface area (Å²) < 4.78 is 19.0. The minimum absolute atomic E-state index is 0.0968. The Morgan fingerprint density at radius 3 is 2.24 bits per heavy atom. The molecule has 1 aliphatic rings. The lowest BCUT2D eigenvalue weighted by molar-refractivity contribution is 0.0521. The second-order valence-electron chi connectivity index (χ2n) is 8.78. The lowest BCUT2D eigenvalue weighted by Gasteiger charge is -2.37. The van der Waals surface area contributed by atoms with Crippen molar-refractivity contribution in [3.8, 4) is 17.2 Å². The van der Waals surface area contributed by atoms with Crippen LogP contribution in [0, 0.1) is 0 Å². The summed E-state index contributed by atoms with van der Waals surface area (Å²) in [7, 11) is 0. The molecule has 0 saturated heterocycles. The third-order valence-corrected chi connectivity index (χ3v) is 6.96. The smallest absolute Gasteiger partial charge is 0.342 e. The van der Waals surface area contributed by atoms with E-state index in [9.17, 15) is 9.90 Å². The Kier molecular flexibility index (Phi) is 6.94. The summed E-state index contributed by atoms with van der Waals surface area (Å²) in [6, 6.07) is 23.2. The Balaban J connectivity index is 1.74. The third-order valence-electron chi connectivity index (χ3n) is 6.43. The van der Waals surface area contributed by atoms with E-state index in [0.717, 1.165) is 27.8 Å². The summed E-state index contributed by atoms with van der Waals surface area (Å²) in [5.41, 5.74) is 1.41. The van der Waals surface area contributed by atoms with E-state index < -0.39 is 11.6 Å². The van der Waals surface area contributed by atoms with Crippen molar-refractivity contribution in [2.75, 3.05) is 13.2 Å². The van der Waals surface area contributed by atoms with Crippen molar-refractivity contribution in [3.63, 3.8) is 0 Å². The molecule has 1 atom stereocenters. The number of halogens is 1. The molecule has 1 unspecified atom stereocenters. The lowest BCUT2D eigenvalue weighted by atomic mass is 9.82. The third kappa shape index (κ3) is 4.46. The molecule has 0 spiro atoms. The van der Waals surface area contributed by atoms with Crippen LogP contribution in [-0.4, -0.2) is 24.3 Å². The Hall–Kier alpha value is -3.77. The molecule has 6 heteroatoms. The molecule has 1 heterocycles. The molecule has 4 aromatic rings. The minimum Gasteiger partial charge on any atom is -0.506 e. The van der Waals surface area contributed by atoms with Crippen LogP contribution < -0.4 is 9.47 Å². The number of carbonyl (C=O) groups is 1. The fourth-order valence-corrected chi connectivity index (χ4v) is 4.94. The number of hydrogen-bond acceptors (Lipinski definition) is 5. The molecule has 0 bridgehead atoms. The number of fused-ring (bicyclic) bond motifs is 3. The largest absolute Gasteiger partial charge is 0.506 e. The number of phenols is 1. The quantitative estimate of drug-likeness (QED) is 0.236. The van der Waals surface area contributed by atoms with Crippen LogP contribution in [0.3, 0.4) is 0 Å². The molecule has 0 saturated carbocycles. The average Bonchev–Trinajstić information content (AvgIpc) is 2.93. The number of hydrogen-bond donors (Lipinski definition) is 1. The van der Waals surface area contributed by atoms with E-state index >= 15 is 0 Å². The van der Waals surface area contributed by atoms with Crippen molar-refractivity contribution in [1.29, 1.82) is 0 Å². The predicted octanol–water partition coefficient (Wildman–Crippen LogP) is 7.62. The molecule has 1 N–H and O–H groups in total. The van der Waals surface area contributed by atoms with Gasteiger partial charge in [-0.3, -0.25) is 0 Å². The van der Waals surface area contributed by atoms with Gasteiger partial charge in [-0.25, -0.2) is 4.79 Å². The Morgan fingerprint density at radius 1 is 0.946 bits per heavy atom. The second-order valence-corrected chi connectivity index (χ2v) is 9.70. The van der Waals surface area contributed by atoms with Crippen molar-refractivity contribution in [1.82, 2.24) is 0 Å². The normalized spacial score (nSPS) is 16.2. The Morgan fingerprint density at radius 2 is 1.59 bits per heavy atom. The van der Waals surface area contributed by atoms with Crippen LogP contribution in [0.25, 0.3) is 16.8 Å². The Labute approximate surface area is 224 Å². The van der Waals surface area contributed by atoms with Crippen molar-refractivity contribution in [3.05, 3.63) is 106 Å². The molecule has 37 heavy (non-hydrogen) atoms. The highest BCUT2D eigenvalue weighted by molar-refractivity contribution is 9.10. The van der Waals surface area contributed by atoms with Crippen LogP contribution >= 0.6 is 15.9 Å². The predicted molar refractivity (Wildman–Crippen MR) is 148 cm³/mol. The zero-order chi connectivity index (χ0) is 26.0. The topological polar surface area (TPSA) is 65.0 Å². The van der Waals surface area contributed by atoms with Gasteiger partial charge in [0.15, 0.2) is 5.60 Å². The van der Waals surface area contributed by atoms with E-state index in [0.29, 0.717) is 28.7 Å². The number of esters is 1. The summed E-state index contributed by atoms with van der Waals surface area (Å²) in [6.07, 6.45) is 4.70. The van der Waals surface area contributed by atoms with Gasteiger partial charge >= 0.3 is 5.97 Å². The van der Waals surface area contributed by atoms with Crippen LogP contribution in [0.5, 0.6) is 17.2 Å². The number of ether oxygens (including phenoxy) is 3. The molecule has 0 radical (unpaired) electrons. The van der Waals surface area contributed by atoms with Gasteiger partial charge in [-0.15, -0.1) is 0 Å². The lowest BCUT2D eigenvalue weighted by Crippen LogP contribution is -2.34. The number of phenolic OH excluding ortho intramolecular Hbond substituents is 1. The van der Waals surface area contributed by atoms with Gasteiger partial charge in [-0.05, 0) is 49.8 Å². The van der Waals surface area contributed by atoms with Gasteiger partial charge in [0.25, 0.3) is 0 Å². The fourth-order valence-electron chi connectivity index (χ4n) is 4.68. The number of aromatic hydroxyl groups is 1. The summed E-state index contributed by atoms with van der Waals surface area (Å²) in [5.74, 6) is 0.586. The summed E-state index contributed by atoms with van der Waals surface area (Å²) in [4.78, 5) is 13.0. The molecule has 5 rings (SSSR count). The van der Waals surface area contributed by atoms with Gasteiger partial charge in [0.2, 0.25) is 0 Å². The monoisotopic (exact) mass is 558 g/mol. The molecule has 0 amide bonds. The van der Waals surface area contributed by atoms with E-state index in [1.807, 2.05) is 78.9 Å². The fraction of sp³-hybridized carbons (Fsp3) is 0.194. The van der Waals surface area contributed by atoms with Gasteiger partial charge < -0.3 is 19.3 Å². The van der Waals surface area contributed by atoms with Gasteiger partial charge in [0.1, 0.15) is 22.8 Å². The zero-order valence-corrected chi connectivity index (χ0v) is 22.2. The maximum absolute atomic E-state index is 13.0. The van der Waals surface area contributed by atoms with Crippen LogP contribution in [0.2, 0.25) is 0 Å². The van der Waals surface area contributed by atoms with Crippen molar-refractivity contribution >= 4 is 38.7 Å². The molecule has 1 aliphatic heterocycles. The number of benzene rings is 4. The Bertz CT molecular complexity index is 1470. The zero-order valence-electron chi connectivity index (χ0n) is 20.7. The first-order chi connectivity index (χ1) is 18.0. The maximum atomic E-state index is 13.0. The molecular weight excluding hydrogens is 532 g/mol. The van der Waals surface area contributed by atoms with Crippen molar-refractivity contribution in [2.45, 2.75) is 25.9 Å². The van der Waals surface area contributed by atoms with Gasteiger partial charge in [-0.1, -0.05) is 71.4 Å². The molecule has 188 valence electrons. The van der Waals surface area contributed by atoms with Crippen LogP contribution in [0.4, 0.5) is 0 Å². The van der Waals surface area contributed by atoms with E-state index in [-0.39, 0.29) is 17.9 Å². The molecular formula is C31H27BrO5. The molecule has 0 aliphatic carbocycles. The highest BCUT2D eigenvalue weighted by Gasteiger charge is 2.40.